The lowest BCUT2D eigenvalue weighted by molar-refractivity contribution is -0.150. The lowest BCUT2D eigenvalue weighted by atomic mass is 9.61. The van der Waals surface area contributed by atoms with E-state index in [9.17, 15) is 23.9 Å². The van der Waals surface area contributed by atoms with Crippen molar-refractivity contribution in [2.45, 2.75) is 31.5 Å². The third-order valence-corrected chi connectivity index (χ3v) is 7.98. The summed E-state index contributed by atoms with van der Waals surface area (Å²) in [6, 6.07) is 28.3. The van der Waals surface area contributed by atoms with E-state index in [1.165, 1.54) is 19.1 Å². The predicted octanol–water partition coefficient (Wildman–Crippen LogP) is 6.38. The molecule has 7 nitrogen and oxygen atoms in total. The fourth-order valence-electron chi connectivity index (χ4n) is 5.59. The lowest BCUT2D eigenvalue weighted by Crippen LogP contribution is -2.56. The molecule has 0 radical (unpaired) electrons. The molecule has 1 aliphatic rings. The van der Waals surface area contributed by atoms with Crippen LogP contribution in [0.5, 0.6) is 5.75 Å². The molecule has 220 valence electrons. The third-order valence-electron chi connectivity index (χ3n) is 7.62. The zero-order valence-corrected chi connectivity index (χ0v) is 24.1. The standard InChI is InChI=1S/C34H30ClFN2O5/c1-34(42)19-28(39)30(32(40)37-22-9-4-2-5-10-22)29(31(34)33(41)38-23-11-6-3-7-12-23)21-15-17-24(18-16-21)43-20-25-26(35)13-8-14-27(25)36/h2-18,29-31,42H,19-20H2,1H3,(H,37,40)(H,38,41). The van der Waals surface area contributed by atoms with Crippen LogP contribution in [-0.4, -0.2) is 28.3 Å². The van der Waals surface area contributed by atoms with Crippen LogP contribution in [0.25, 0.3) is 0 Å². The Balaban J connectivity index is 1.49. The predicted molar refractivity (Wildman–Crippen MR) is 162 cm³/mol. The number of aliphatic hydroxyl groups is 1. The molecule has 0 aromatic heterocycles. The van der Waals surface area contributed by atoms with Crippen molar-refractivity contribution in [3.8, 4) is 5.75 Å². The zero-order chi connectivity index (χ0) is 30.6. The molecule has 1 aliphatic carbocycles. The van der Waals surface area contributed by atoms with Crippen molar-refractivity contribution in [1.82, 2.24) is 0 Å². The Hall–Kier alpha value is -4.53. The van der Waals surface area contributed by atoms with Gasteiger partial charge < -0.3 is 20.5 Å². The molecule has 4 aromatic rings. The number of hydrogen-bond donors (Lipinski definition) is 3. The number of carbonyl (C=O) groups is 3. The molecule has 5 rings (SSSR count). The van der Waals surface area contributed by atoms with Gasteiger partial charge in [-0.1, -0.05) is 66.2 Å². The molecular formula is C34H30ClFN2O5. The molecular weight excluding hydrogens is 571 g/mol. The molecule has 0 heterocycles. The summed E-state index contributed by atoms with van der Waals surface area (Å²) in [6.45, 7) is 1.32. The van der Waals surface area contributed by atoms with Gasteiger partial charge in [0, 0.05) is 29.3 Å². The highest BCUT2D eigenvalue weighted by atomic mass is 35.5. The fourth-order valence-corrected chi connectivity index (χ4v) is 5.80. The molecule has 0 spiro atoms. The summed E-state index contributed by atoms with van der Waals surface area (Å²) in [4.78, 5) is 41.0. The minimum Gasteiger partial charge on any atom is -0.489 e. The number of carbonyl (C=O) groups excluding carboxylic acids is 3. The molecule has 43 heavy (non-hydrogen) atoms. The summed E-state index contributed by atoms with van der Waals surface area (Å²) >= 11 is 6.12. The molecule has 3 N–H and O–H groups in total. The van der Waals surface area contributed by atoms with Crippen molar-refractivity contribution in [1.29, 1.82) is 0 Å². The number of halogens is 2. The van der Waals surface area contributed by atoms with Crippen molar-refractivity contribution in [2.24, 2.45) is 11.8 Å². The average Bonchev–Trinajstić information content (AvgIpc) is 2.97. The summed E-state index contributed by atoms with van der Waals surface area (Å²) in [7, 11) is 0. The SMILES string of the molecule is CC1(O)CC(=O)C(C(=O)Nc2ccccc2)C(c2ccc(OCc3c(F)cccc3Cl)cc2)C1C(=O)Nc1ccccc1. The Labute approximate surface area is 253 Å². The maximum absolute atomic E-state index is 14.2. The molecule has 1 saturated carbocycles. The van der Waals surface area contributed by atoms with Gasteiger partial charge in [-0.05, 0) is 61.0 Å². The largest absolute Gasteiger partial charge is 0.489 e. The Bertz CT molecular complexity index is 1590. The summed E-state index contributed by atoms with van der Waals surface area (Å²) in [5.74, 6) is -5.15. The van der Waals surface area contributed by atoms with Gasteiger partial charge in [-0.3, -0.25) is 14.4 Å². The highest BCUT2D eigenvalue weighted by Crippen LogP contribution is 2.47. The van der Waals surface area contributed by atoms with E-state index in [-0.39, 0.29) is 23.6 Å². The number of hydrogen-bond acceptors (Lipinski definition) is 5. The van der Waals surface area contributed by atoms with Crippen LogP contribution in [0.15, 0.2) is 103 Å². The van der Waals surface area contributed by atoms with Gasteiger partial charge in [0.2, 0.25) is 11.8 Å². The molecule has 0 bridgehead atoms. The summed E-state index contributed by atoms with van der Waals surface area (Å²) < 4.78 is 20.0. The van der Waals surface area contributed by atoms with Crippen LogP contribution >= 0.6 is 11.6 Å². The van der Waals surface area contributed by atoms with Gasteiger partial charge in [0.15, 0.2) is 0 Å². The highest BCUT2D eigenvalue weighted by molar-refractivity contribution is 6.31. The maximum atomic E-state index is 14.2. The normalized spacial score (nSPS) is 21.6. The van der Waals surface area contributed by atoms with Crippen LogP contribution in [0, 0.1) is 17.7 Å². The Morgan fingerprint density at radius 2 is 1.47 bits per heavy atom. The van der Waals surface area contributed by atoms with Gasteiger partial charge in [-0.15, -0.1) is 0 Å². The summed E-state index contributed by atoms with van der Waals surface area (Å²) in [5, 5.41) is 17.4. The number of rotatable bonds is 8. The molecule has 0 aliphatic heterocycles. The van der Waals surface area contributed by atoms with Crippen LogP contribution in [0.3, 0.4) is 0 Å². The van der Waals surface area contributed by atoms with Crippen LogP contribution < -0.4 is 15.4 Å². The monoisotopic (exact) mass is 600 g/mol. The van der Waals surface area contributed by atoms with Crippen molar-refractivity contribution >= 4 is 40.6 Å². The first-order valence-electron chi connectivity index (χ1n) is 13.8. The minimum atomic E-state index is -1.75. The second-order valence-electron chi connectivity index (χ2n) is 10.7. The molecule has 4 aromatic carbocycles. The van der Waals surface area contributed by atoms with E-state index in [2.05, 4.69) is 10.6 Å². The van der Waals surface area contributed by atoms with Gasteiger partial charge in [-0.2, -0.15) is 0 Å². The Morgan fingerprint density at radius 1 is 0.884 bits per heavy atom. The average molecular weight is 601 g/mol. The van der Waals surface area contributed by atoms with E-state index in [1.807, 2.05) is 6.07 Å². The maximum Gasteiger partial charge on any atom is 0.235 e. The summed E-state index contributed by atoms with van der Waals surface area (Å²) in [6.07, 6.45) is -0.381. The van der Waals surface area contributed by atoms with E-state index in [0.29, 0.717) is 22.7 Å². The number of ketones is 1. The minimum absolute atomic E-state index is 0.119. The number of nitrogens with one attached hydrogen (secondary N) is 2. The lowest BCUT2D eigenvalue weighted by Gasteiger charge is -2.44. The number of ether oxygens (including phenoxy) is 1. The van der Waals surface area contributed by atoms with Crippen LogP contribution in [0.1, 0.15) is 30.4 Å². The molecule has 4 unspecified atom stereocenters. The topological polar surface area (TPSA) is 105 Å². The third kappa shape index (κ3) is 6.77. The number of para-hydroxylation sites is 2. The number of amides is 2. The van der Waals surface area contributed by atoms with Gasteiger partial charge >= 0.3 is 0 Å². The van der Waals surface area contributed by atoms with Crippen molar-refractivity contribution < 1.29 is 28.6 Å². The van der Waals surface area contributed by atoms with Crippen LogP contribution in [0.4, 0.5) is 15.8 Å². The Kier molecular flexibility index (Phi) is 8.89. The zero-order valence-electron chi connectivity index (χ0n) is 23.3. The number of Topliss-reactive ketones (excluding diaryl/α,β-unsaturated/α-hetero) is 1. The molecule has 1 fully saturated rings. The van der Waals surface area contributed by atoms with E-state index in [4.69, 9.17) is 16.3 Å². The number of benzene rings is 4. The molecule has 9 heteroatoms. The smallest absolute Gasteiger partial charge is 0.235 e. The van der Waals surface area contributed by atoms with E-state index in [1.54, 1.807) is 84.9 Å². The van der Waals surface area contributed by atoms with Crippen molar-refractivity contribution in [3.05, 3.63) is 125 Å². The molecule has 0 saturated heterocycles. The van der Waals surface area contributed by atoms with Crippen molar-refractivity contribution in [3.63, 3.8) is 0 Å². The second-order valence-corrected chi connectivity index (χ2v) is 11.2. The second kappa shape index (κ2) is 12.8. The first kappa shape index (κ1) is 29.9. The van der Waals surface area contributed by atoms with E-state index < -0.39 is 46.8 Å². The van der Waals surface area contributed by atoms with Crippen LogP contribution in [-0.2, 0) is 21.0 Å². The van der Waals surface area contributed by atoms with Gasteiger partial charge in [0.25, 0.3) is 0 Å². The van der Waals surface area contributed by atoms with E-state index in [0.717, 1.165) is 0 Å². The van der Waals surface area contributed by atoms with Crippen LogP contribution in [0.2, 0.25) is 5.02 Å². The first-order valence-corrected chi connectivity index (χ1v) is 14.1. The Morgan fingerprint density at radius 3 is 2.05 bits per heavy atom. The number of anilines is 2. The van der Waals surface area contributed by atoms with Crippen molar-refractivity contribution in [2.75, 3.05) is 10.6 Å². The summed E-state index contributed by atoms with van der Waals surface area (Å²) in [5.41, 5.74) is -0.0542. The van der Waals surface area contributed by atoms with Gasteiger partial charge in [-0.25, -0.2) is 4.39 Å². The first-order chi connectivity index (χ1) is 20.6. The highest BCUT2D eigenvalue weighted by Gasteiger charge is 2.55. The molecule has 4 atom stereocenters. The van der Waals surface area contributed by atoms with Gasteiger partial charge in [0.1, 0.15) is 29.9 Å². The quantitative estimate of drug-likeness (QED) is 0.204. The van der Waals surface area contributed by atoms with Gasteiger partial charge in [0.05, 0.1) is 16.5 Å². The molecule has 2 amide bonds. The van der Waals surface area contributed by atoms with E-state index >= 15 is 0 Å². The fraction of sp³-hybridized carbons (Fsp3) is 0.206.